The Morgan fingerprint density at radius 1 is 0.571 bits per heavy atom. The number of esters is 1. The minimum Gasteiger partial charge on any atom is -0.481 e. The molecule has 0 bridgehead atoms. The quantitative estimate of drug-likeness (QED) is 0.152. The van der Waals surface area contributed by atoms with E-state index >= 15 is 0 Å². The van der Waals surface area contributed by atoms with Gasteiger partial charge in [-0.25, -0.2) is 0 Å². The molecule has 0 aliphatic carbocycles. The summed E-state index contributed by atoms with van der Waals surface area (Å²) in [5, 5.41) is 8.56. The standard InChI is InChI=1S/C24H46O4/c1-2-3-4-5-6-7-8-9-10-13-16-19-22-28-24(27)21-18-15-12-11-14-17-20-23(25)26/h2-22H2,1H3,(H,25,26). The van der Waals surface area contributed by atoms with Crippen LogP contribution in [0.5, 0.6) is 0 Å². The molecule has 0 aromatic carbocycles. The molecule has 4 heteroatoms. The first-order chi connectivity index (χ1) is 13.7. The van der Waals surface area contributed by atoms with Crippen LogP contribution in [0.2, 0.25) is 0 Å². The summed E-state index contributed by atoms with van der Waals surface area (Å²) in [6.45, 7) is 2.84. The molecule has 0 spiro atoms. The first-order valence-corrected chi connectivity index (χ1v) is 12.0. The molecule has 0 saturated carbocycles. The van der Waals surface area contributed by atoms with E-state index in [1.165, 1.54) is 70.6 Å². The highest BCUT2D eigenvalue weighted by atomic mass is 16.5. The summed E-state index contributed by atoms with van der Waals surface area (Å²) in [4.78, 5) is 22.1. The van der Waals surface area contributed by atoms with Crippen molar-refractivity contribution in [1.82, 2.24) is 0 Å². The van der Waals surface area contributed by atoms with Gasteiger partial charge in [0.2, 0.25) is 0 Å². The molecule has 0 aliphatic heterocycles. The topological polar surface area (TPSA) is 63.6 Å². The van der Waals surface area contributed by atoms with E-state index in [-0.39, 0.29) is 12.4 Å². The molecule has 0 radical (unpaired) electrons. The summed E-state index contributed by atoms with van der Waals surface area (Å²) in [7, 11) is 0. The molecule has 0 aliphatic rings. The summed E-state index contributed by atoms with van der Waals surface area (Å²) >= 11 is 0. The van der Waals surface area contributed by atoms with E-state index in [1.807, 2.05) is 0 Å². The Morgan fingerprint density at radius 2 is 0.964 bits per heavy atom. The Labute approximate surface area is 173 Å². The van der Waals surface area contributed by atoms with Crippen LogP contribution in [-0.4, -0.2) is 23.7 Å². The lowest BCUT2D eigenvalue weighted by atomic mass is 10.1. The summed E-state index contributed by atoms with van der Waals surface area (Å²) in [5.74, 6) is -0.773. The Hall–Kier alpha value is -1.06. The molecular weight excluding hydrogens is 352 g/mol. The molecule has 1 N–H and O–H groups in total. The van der Waals surface area contributed by atoms with E-state index in [9.17, 15) is 9.59 Å². The zero-order valence-corrected chi connectivity index (χ0v) is 18.5. The number of aliphatic carboxylic acids is 1. The Morgan fingerprint density at radius 3 is 1.43 bits per heavy atom. The summed E-state index contributed by atoms with van der Waals surface area (Å²) < 4.78 is 5.30. The maximum atomic E-state index is 11.7. The molecule has 0 aromatic rings. The lowest BCUT2D eigenvalue weighted by Gasteiger charge is -2.05. The molecular formula is C24H46O4. The molecule has 0 atom stereocenters. The maximum Gasteiger partial charge on any atom is 0.305 e. The van der Waals surface area contributed by atoms with Gasteiger partial charge in [-0.15, -0.1) is 0 Å². The van der Waals surface area contributed by atoms with Crippen LogP contribution in [-0.2, 0) is 14.3 Å². The van der Waals surface area contributed by atoms with Gasteiger partial charge in [-0.05, 0) is 19.3 Å². The van der Waals surface area contributed by atoms with Crippen molar-refractivity contribution in [3.8, 4) is 0 Å². The Bertz CT molecular complexity index is 355. The van der Waals surface area contributed by atoms with Gasteiger partial charge in [-0.2, -0.15) is 0 Å². The third kappa shape index (κ3) is 23.0. The highest BCUT2D eigenvalue weighted by Gasteiger charge is 2.03. The highest BCUT2D eigenvalue weighted by Crippen LogP contribution is 2.12. The molecule has 0 saturated heterocycles. The van der Waals surface area contributed by atoms with Crippen molar-refractivity contribution < 1.29 is 19.4 Å². The van der Waals surface area contributed by atoms with Crippen LogP contribution in [0.4, 0.5) is 0 Å². The molecule has 0 aromatic heterocycles. The van der Waals surface area contributed by atoms with Gasteiger partial charge in [0.1, 0.15) is 0 Å². The second-order valence-corrected chi connectivity index (χ2v) is 8.12. The van der Waals surface area contributed by atoms with Crippen molar-refractivity contribution >= 4 is 11.9 Å². The first-order valence-electron chi connectivity index (χ1n) is 12.0. The van der Waals surface area contributed by atoms with Gasteiger partial charge in [0.25, 0.3) is 0 Å². The summed E-state index contributed by atoms with van der Waals surface area (Å²) in [5.41, 5.74) is 0. The number of carboxylic acid groups (broad SMARTS) is 1. The van der Waals surface area contributed by atoms with E-state index in [2.05, 4.69) is 6.92 Å². The van der Waals surface area contributed by atoms with Crippen molar-refractivity contribution in [2.75, 3.05) is 6.61 Å². The summed E-state index contributed by atoms with van der Waals surface area (Å²) in [6, 6.07) is 0. The van der Waals surface area contributed by atoms with Gasteiger partial charge in [0.15, 0.2) is 0 Å². The molecule has 0 amide bonds. The highest BCUT2D eigenvalue weighted by molar-refractivity contribution is 5.69. The molecule has 0 heterocycles. The number of carboxylic acids is 1. The van der Waals surface area contributed by atoms with Crippen LogP contribution < -0.4 is 0 Å². The zero-order chi connectivity index (χ0) is 20.7. The van der Waals surface area contributed by atoms with Crippen LogP contribution in [0.25, 0.3) is 0 Å². The maximum absolute atomic E-state index is 11.7. The van der Waals surface area contributed by atoms with Crippen molar-refractivity contribution in [1.29, 1.82) is 0 Å². The SMILES string of the molecule is CCCCCCCCCCCCCCOC(=O)CCCCCCCCC(=O)O. The average molecular weight is 399 g/mol. The number of hydrogen-bond donors (Lipinski definition) is 1. The number of hydrogen-bond acceptors (Lipinski definition) is 3. The molecule has 28 heavy (non-hydrogen) atoms. The molecule has 0 unspecified atom stereocenters. The predicted octanol–water partition coefficient (Wildman–Crippen LogP) is 7.44. The smallest absolute Gasteiger partial charge is 0.305 e. The van der Waals surface area contributed by atoms with Gasteiger partial charge >= 0.3 is 11.9 Å². The Balaban J connectivity index is 3.16. The monoisotopic (exact) mass is 398 g/mol. The normalized spacial score (nSPS) is 10.9. The van der Waals surface area contributed by atoms with E-state index in [0.29, 0.717) is 13.0 Å². The van der Waals surface area contributed by atoms with Crippen LogP contribution in [0.3, 0.4) is 0 Å². The van der Waals surface area contributed by atoms with E-state index in [0.717, 1.165) is 44.9 Å². The van der Waals surface area contributed by atoms with Crippen molar-refractivity contribution in [2.24, 2.45) is 0 Å². The lowest BCUT2D eigenvalue weighted by molar-refractivity contribution is -0.144. The molecule has 166 valence electrons. The molecule has 0 rings (SSSR count). The fourth-order valence-electron chi connectivity index (χ4n) is 3.45. The van der Waals surface area contributed by atoms with Gasteiger partial charge < -0.3 is 9.84 Å². The largest absolute Gasteiger partial charge is 0.481 e. The fourth-order valence-corrected chi connectivity index (χ4v) is 3.45. The van der Waals surface area contributed by atoms with Gasteiger partial charge in [-0.1, -0.05) is 103 Å². The van der Waals surface area contributed by atoms with Gasteiger partial charge in [0, 0.05) is 12.8 Å². The number of carbonyl (C=O) groups is 2. The van der Waals surface area contributed by atoms with Crippen molar-refractivity contribution in [2.45, 2.75) is 135 Å². The predicted molar refractivity (Wildman–Crippen MR) is 117 cm³/mol. The third-order valence-corrected chi connectivity index (χ3v) is 5.28. The lowest BCUT2D eigenvalue weighted by Crippen LogP contribution is -2.05. The van der Waals surface area contributed by atoms with Crippen LogP contribution in [0, 0.1) is 0 Å². The van der Waals surface area contributed by atoms with Crippen molar-refractivity contribution in [3.05, 3.63) is 0 Å². The molecule has 4 nitrogen and oxygen atoms in total. The number of unbranched alkanes of at least 4 members (excludes halogenated alkanes) is 16. The fraction of sp³-hybridized carbons (Fsp3) is 0.917. The number of rotatable bonds is 22. The van der Waals surface area contributed by atoms with E-state index in [1.54, 1.807) is 0 Å². The van der Waals surface area contributed by atoms with E-state index < -0.39 is 5.97 Å². The van der Waals surface area contributed by atoms with Crippen LogP contribution >= 0.6 is 0 Å². The minimum atomic E-state index is -0.712. The summed E-state index contributed by atoms with van der Waals surface area (Å²) in [6.07, 6.45) is 22.4. The second kappa shape index (κ2) is 22.2. The van der Waals surface area contributed by atoms with Gasteiger partial charge in [0.05, 0.1) is 6.61 Å². The van der Waals surface area contributed by atoms with Crippen LogP contribution in [0.15, 0.2) is 0 Å². The minimum absolute atomic E-state index is 0.0612. The van der Waals surface area contributed by atoms with Crippen molar-refractivity contribution in [3.63, 3.8) is 0 Å². The van der Waals surface area contributed by atoms with E-state index in [4.69, 9.17) is 9.84 Å². The number of ether oxygens (including phenoxy) is 1. The van der Waals surface area contributed by atoms with Gasteiger partial charge in [-0.3, -0.25) is 9.59 Å². The molecule has 0 fully saturated rings. The number of carbonyl (C=O) groups excluding carboxylic acids is 1. The van der Waals surface area contributed by atoms with Crippen LogP contribution in [0.1, 0.15) is 135 Å². The average Bonchev–Trinajstić information content (AvgIpc) is 2.67. The Kier molecular flexibility index (Phi) is 21.4. The first kappa shape index (κ1) is 26.9. The third-order valence-electron chi connectivity index (χ3n) is 5.28. The zero-order valence-electron chi connectivity index (χ0n) is 18.5. The second-order valence-electron chi connectivity index (χ2n) is 8.12.